The van der Waals surface area contributed by atoms with Gasteiger partial charge in [-0.1, -0.05) is 27.7 Å². The maximum absolute atomic E-state index is 4.62. The average molecular weight is 233 g/mol. The molecule has 0 radical (unpaired) electrons. The first-order chi connectivity index (χ1) is 8.06. The predicted octanol–water partition coefficient (Wildman–Crippen LogP) is 3.55. The zero-order valence-electron chi connectivity index (χ0n) is 11.3. The molecule has 0 saturated heterocycles. The van der Waals surface area contributed by atoms with Gasteiger partial charge in [0, 0.05) is 24.2 Å². The van der Waals surface area contributed by atoms with Crippen LogP contribution < -0.4 is 5.32 Å². The van der Waals surface area contributed by atoms with Crippen molar-refractivity contribution in [3.8, 4) is 0 Å². The zero-order chi connectivity index (χ0) is 12.4. The van der Waals surface area contributed by atoms with Gasteiger partial charge in [0.05, 0.1) is 0 Å². The molecule has 0 aliphatic heterocycles. The Morgan fingerprint density at radius 2 is 1.88 bits per heavy atom. The van der Waals surface area contributed by atoms with Gasteiger partial charge in [-0.25, -0.2) is 9.97 Å². The summed E-state index contributed by atoms with van der Waals surface area (Å²) in [6.45, 7) is 9.70. The summed E-state index contributed by atoms with van der Waals surface area (Å²) in [6.07, 6.45) is 2.73. The highest BCUT2D eigenvalue weighted by atomic mass is 15.0. The summed E-state index contributed by atoms with van der Waals surface area (Å²) in [7, 11) is 0. The van der Waals surface area contributed by atoms with Crippen molar-refractivity contribution in [2.24, 2.45) is 5.92 Å². The number of hydrogen-bond donors (Lipinski definition) is 1. The first kappa shape index (κ1) is 12.3. The van der Waals surface area contributed by atoms with Gasteiger partial charge in [0.1, 0.15) is 11.6 Å². The summed E-state index contributed by atoms with van der Waals surface area (Å²) < 4.78 is 0. The van der Waals surface area contributed by atoms with Crippen LogP contribution in [0, 0.1) is 5.92 Å². The average Bonchev–Trinajstić information content (AvgIpc) is 3.09. The van der Waals surface area contributed by atoms with E-state index in [-0.39, 0.29) is 0 Å². The number of anilines is 1. The van der Waals surface area contributed by atoms with Crippen LogP contribution in [0.3, 0.4) is 0 Å². The summed E-state index contributed by atoms with van der Waals surface area (Å²) in [6, 6.07) is 2.10. The van der Waals surface area contributed by atoms with Crippen molar-refractivity contribution in [3.05, 3.63) is 17.6 Å². The van der Waals surface area contributed by atoms with E-state index in [1.807, 2.05) is 0 Å². The van der Waals surface area contributed by atoms with E-state index in [0.29, 0.717) is 11.8 Å². The van der Waals surface area contributed by atoms with E-state index in [4.69, 9.17) is 0 Å². The van der Waals surface area contributed by atoms with Gasteiger partial charge in [0.15, 0.2) is 0 Å². The van der Waals surface area contributed by atoms with E-state index in [2.05, 4.69) is 49.0 Å². The smallest absolute Gasteiger partial charge is 0.133 e. The van der Waals surface area contributed by atoms with E-state index >= 15 is 0 Å². The number of nitrogens with zero attached hydrogens (tertiary/aromatic N) is 2. The molecular formula is C14H23N3. The molecule has 0 aromatic carbocycles. The van der Waals surface area contributed by atoms with E-state index < -0.39 is 0 Å². The van der Waals surface area contributed by atoms with Gasteiger partial charge in [-0.05, 0) is 24.7 Å². The minimum absolute atomic E-state index is 0.384. The molecule has 1 aromatic heterocycles. The van der Waals surface area contributed by atoms with Crippen LogP contribution in [0.2, 0.25) is 0 Å². The monoisotopic (exact) mass is 233 g/mol. The van der Waals surface area contributed by atoms with Crippen LogP contribution >= 0.6 is 0 Å². The lowest BCUT2D eigenvalue weighted by Crippen LogP contribution is -2.10. The second kappa shape index (κ2) is 5.03. The Morgan fingerprint density at radius 3 is 2.41 bits per heavy atom. The molecule has 17 heavy (non-hydrogen) atoms. The van der Waals surface area contributed by atoms with Crippen molar-refractivity contribution < 1.29 is 0 Å². The summed E-state index contributed by atoms with van der Waals surface area (Å²) in [4.78, 5) is 9.22. The second-order valence-electron chi connectivity index (χ2n) is 5.67. The van der Waals surface area contributed by atoms with Crippen LogP contribution in [-0.2, 0) is 0 Å². The summed E-state index contributed by atoms with van der Waals surface area (Å²) in [5.74, 6) is 3.66. The lowest BCUT2D eigenvalue weighted by Gasteiger charge is -2.13. The standard InChI is InChI=1S/C14H23N3/c1-9(2)12-7-13(15-8-11-5-6-11)17-14(16-12)10(3)4/h7,9-11H,5-6,8H2,1-4H3,(H,15,16,17). The van der Waals surface area contributed by atoms with Crippen LogP contribution in [0.25, 0.3) is 0 Å². The highest BCUT2D eigenvalue weighted by Gasteiger charge is 2.21. The molecule has 0 bridgehead atoms. The molecule has 1 aliphatic rings. The molecule has 1 fully saturated rings. The molecule has 3 heteroatoms. The van der Waals surface area contributed by atoms with E-state index in [1.54, 1.807) is 0 Å². The van der Waals surface area contributed by atoms with Crippen LogP contribution in [0.5, 0.6) is 0 Å². The molecule has 1 heterocycles. The third-order valence-electron chi connectivity index (χ3n) is 3.14. The quantitative estimate of drug-likeness (QED) is 0.845. The molecule has 0 amide bonds. The maximum atomic E-state index is 4.62. The first-order valence-corrected chi connectivity index (χ1v) is 6.69. The van der Waals surface area contributed by atoms with Crippen LogP contribution in [0.4, 0.5) is 5.82 Å². The predicted molar refractivity (Wildman–Crippen MR) is 71.4 cm³/mol. The topological polar surface area (TPSA) is 37.8 Å². The Balaban J connectivity index is 2.16. The Bertz CT molecular complexity index is 355. The van der Waals surface area contributed by atoms with Crippen molar-refractivity contribution in [2.45, 2.75) is 52.4 Å². The van der Waals surface area contributed by atoms with E-state index in [9.17, 15) is 0 Å². The first-order valence-electron chi connectivity index (χ1n) is 6.69. The zero-order valence-corrected chi connectivity index (χ0v) is 11.3. The SMILES string of the molecule is CC(C)c1cc(NCC2CC2)nc(C(C)C)n1. The van der Waals surface area contributed by atoms with Crippen LogP contribution in [0.15, 0.2) is 6.07 Å². The van der Waals surface area contributed by atoms with Gasteiger partial charge in [0.2, 0.25) is 0 Å². The molecule has 94 valence electrons. The molecule has 1 aromatic rings. The molecule has 2 rings (SSSR count). The highest BCUT2D eigenvalue weighted by molar-refractivity contribution is 5.37. The highest BCUT2D eigenvalue weighted by Crippen LogP contribution is 2.29. The number of rotatable bonds is 5. The Labute approximate surface area is 104 Å². The molecule has 0 unspecified atom stereocenters. The maximum Gasteiger partial charge on any atom is 0.133 e. The van der Waals surface area contributed by atoms with E-state index in [0.717, 1.165) is 29.8 Å². The molecule has 1 N–H and O–H groups in total. The fourth-order valence-corrected chi connectivity index (χ4v) is 1.70. The Morgan fingerprint density at radius 1 is 1.18 bits per heavy atom. The third-order valence-corrected chi connectivity index (χ3v) is 3.14. The van der Waals surface area contributed by atoms with Crippen molar-refractivity contribution in [1.82, 2.24) is 9.97 Å². The molecule has 1 aliphatic carbocycles. The minimum atomic E-state index is 0.384. The molecule has 3 nitrogen and oxygen atoms in total. The number of aromatic nitrogens is 2. The normalized spacial score (nSPS) is 15.6. The molecule has 0 spiro atoms. The van der Waals surface area contributed by atoms with Crippen LogP contribution in [-0.4, -0.2) is 16.5 Å². The van der Waals surface area contributed by atoms with Gasteiger partial charge in [0.25, 0.3) is 0 Å². The fraction of sp³-hybridized carbons (Fsp3) is 0.714. The van der Waals surface area contributed by atoms with E-state index in [1.165, 1.54) is 12.8 Å². The van der Waals surface area contributed by atoms with Gasteiger partial charge >= 0.3 is 0 Å². The molecule has 0 atom stereocenters. The van der Waals surface area contributed by atoms with Gasteiger partial charge in [-0.3, -0.25) is 0 Å². The Kier molecular flexibility index (Phi) is 3.65. The number of hydrogen-bond acceptors (Lipinski definition) is 3. The minimum Gasteiger partial charge on any atom is -0.370 e. The summed E-state index contributed by atoms with van der Waals surface area (Å²) >= 11 is 0. The van der Waals surface area contributed by atoms with Gasteiger partial charge in [-0.15, -0.1) is 0 Å². The fourth-order valence-electron chi connectivity index (χ4n) is 1.70. The van der Waals surface area contributed by atoms with Gasteiger partial charge in [-0.2, -0.15) is 0 Å². The second-order valence-corrected chi connectivity index (χ2v) is 5.67. The summed E-state index contributed by atoms with van der Waals surface area (Å²) in [5, 5.41) is 3.45. The summed E-state index contributed by atoms with van der Waals surface area (Å²) in [5.41, 5.74) is 1.14. The van der Waals surface area contributed by atoms with Crippen LogP contribution in [0.1, 0.15) is 63.9 Å². The third kappa shape index (κ3) is 3.42. The van der Waals surface area contributed by atoms with Crippen molar-refractivity contribution >= 4 is 5.82 Å². The van der Waals surface area contributed by atoms with Crippen molar-refractivity contribution in [1.29, 1.82) is 0 Å². The Hall–Kier alpha value is -1.12. The van der Waals surface area contributed by atoms with Crippen molar-refractivity contribution in [3.63, 3.8) is 0 Å². The number of nitrogens with one attached hydrogen (secondary N) is 1. The lowest BCUT2D eigenvalue weighted by atomic mass is 10.1. The lowest BCUT2D eigenvalue weighted by molar-refractivity contribution is 0.728. The van der Waals surface area contributed by atoms with Gasteiger partial charge < -0.3 is 5.32 Å². The molecule has 1 saturated carbocycles. The largest absolute Gasteiger partial charge is 0.370 e. The van der Waals surface area contributed by atoms with Crippen molar-refractivity contribution in [2.75, 3.05) is 11.9 Å². The molecular weight excluding hydrogens is 210 g/mol.